The van der Waals surface area contributed by atoms with Crippen molar-refractivity contribution < 1.29 is 9.21 Å². The van der Waals surface area contributed by atoms with Gasteiger partial charge in [-0.05, 0) is 37.0 Å². The SMILES string of the molecule is CN=C(NCCCCSC)NCCNC(=O)c1ccco1.I. The number of hydrogen-bond acceptors (Lipinski definition) is 4. The van der Waals surface area contributed by atoms with Crippen molar-refractivity contribution in [3.05, 3.63) is 24.2 Å². The maximum Gasteiger partial charge on any atom is 0.287 e. The molecule has 126 valence electrons. The number of halogens is 1. The molecule has 0 aliphatic rings. The molecule has 6 nitrogen and oxygen atoms in total. The second-order valence-electron chi connectivity index (χ2n) is 4.36. The normalized spacial score (nSPS) is 10.7. The summed E-state index contributed by atoms with van der Waals surface area (Å²) in [5.74, 6) is 2.06. The second kappa shape index (κ2) is 13.7. The van der Waals surface area contributed by atoms with Gasteiger partial charge in [-0.15, -0.1) is 24.0 Å². The summed E-state index contributed by atoms with van der Waals surface area (Å²) in [6, 6.07) is 3.33. The maximum absolute atomic E-state index is 11.6. The number of amides is 1. The van der Waals surface area contributed by atoms with Gasteiger partial charge in [0.05, 0.1) is 6.26 Å². The van der Waals surface area contributed by atoms with Crippen LogP contribution >= 0.6 is 35.7 Å². The average Bonchev–Trinajstić information content (AvgIpc) is 3.03. The first-order valence-corrected chi connectivity index (χ1v) is 8.42. The molecule has 0 fully saturated rings. The van der Waals surface area contributed by atoms with Gasteiger partial charge < -0.3 is 20.4 Å². The number of guanidine groups is 1. The number of aliphatic imine (C=N–C) groups is 1. The Labute approximate surface area is 153 Å². The molecule has 1 rings (SSSR count). The summed E-state index contributed by atoms with van der Waals surface area (Å²) in [6.45, 7) is 2.02. The molecule has 3 N–H and O–H groups in total. The van der Waals surface area contributed by atoms with Crippen molar-refractivity contribution in [3.8, 4) is 0 Å². The number of hydrogen-bond donors (Lipinski definition) is 3. The molecule has 8 heteroatoms. The minimum absolute atomic E-state index is 0. The highest BCUT2D eigenvalue weighted by molar-refractivity contribution is 14.0. The highest BCUT2D eigenvalue weighted by atomic mass is 127. The van der Waals surface area contributed by atoms with Gasteiger partial charge in [-0.1, -0.05) is 0 Å². The lowest BCUT2D eigenvalue weighted by molar-refractivity contribution is 0.0926. The Morgan fingerprint density at radius 2 is 1.95 bits per heavy atom. The molecule has 0 aliphatic heterocycles. The summed E-state index contributed by atoms with van der Waals surface area (Å²) in [5.41, 5.74) is 0. The number of rotatable bonds is 9. The fourth-order valence-electron chi connectivity index (χ4n) is 1.65. The summed E-state index contributed by atoms with van der Waals surface area (Å²) in [5, 5.41) is 9.16. The van der Waals surface area contributed by atoms with E-state index in [-0.39, 0.29) is 29.9 Å². The maximum atomic E-state index is 11.6. The van der Waals surface area contributed by atoms with E-state index in [1.54, 1.807) is 19.2 Å². The Kier molecular flexibility index (Phi) is 13.2. The molecule has 0 spiro atoms. The number of carbonyl (C=O) groups is 1. The lowest BCUT2D eigenvalue weighted by Gasteiger charge is -2.11. The number of furan rings is 1. The van der Waals surface area contributed by atoms with Crippen molar-refractivity contribution in [2.45, 2.75) is 12.8 Å². The number of thioether (sulfide) groups is 1. The fourth-order valence-corrected chi connectivity index (χ4v) is 2.14. The fraction of sp³-hybridized carbons (Fsp3) is 0.571. The van der Waals surface area contributed by atoms with Gasteiger partial charge >= 0.3 is 0 Å². The minimum atomic E-state index is -0.207. The molecule has 1 amide bonds. The van der Waals surface area contributed by atoms with Crippen molar-refractivity contribution >= 4 is 47.6 Å². The van der Waals surface area contributed by atoms with Crippen LogP contribution in [0.15, 0.2) is 27.8 Å². The van der Waals surface area contributed by atoms with Crippen molar-refractivity contribution in [3.63, 3.8) is 0 Å². The van der Waals surface area contributed by atoms with Crippen molar-refractivity contribution in [2.24, 2.45) is 4.99 Å². The molecule has 0 saturated heterocycles. The van der Waals surface area contributed by atoms with E-state index in [1.165, 1.54) is 18.4 Å². The van der Waals surface area contributed by atoms with Gasteiger partial charge in [0.1, 0.15) is 0 Å². The Morgan fingerprint density at radius 1 is 1.23 bits per heavy atom. The minimum Gasteiger partial charge on any atom is -0.459 e. The highest BCUT2D eigenvalue weighted by Crippen LogP contribution is 1.98. The standard InChI is InChI=1S/C14H24N4O2S.HI/c1-15-14(17-7-3-4-11-21-2)18-9-8-16-13(19)12-6-5-10-20-12;/h5-6,10H,3-4,7-9,11H2,1-2H3,(H,16,19)(H2,15,17,18);1H. The van der Waals surface area contributed by atoms with E-state index in [1.807, 2.05) is 11.8 Å². The largest absolute Gasteiger partial charge is 0.459 e. The zero-order valence-electron chi connectivity index (χ0n) is 13.1. The van der Waals surface area contributed by atoms with Crippen LogP contribution in [-0.4, -0.2) is 50.6 Å². The van der Waals surface area contributed by atoms with Crippen LogP contribution in [0.5, 0.6) is 0 Å². The number of unbranched alkanes of at least 4 members (excludes halogenated alkanes) is 1. The molecule has 0 bridgehead atoms. The van der Waals surface area contributed by atoms with Gasteiger partial charge in [-0.2, -0.15) is 11.8 Å². The van der Waals surface area contributed by atoms with E-state index < -0.39 is 0 Å². The first-order chi connectivity index (χ1) is 10.3. The lowest BCUT2D eigenvalue weighted by Crippen LogP contribution is -2.41. The molecule has 0 unspecified atom stereocenters. The third kappa shape index (κ3) is 9.19. The first-order valence-electron chi connectivity index (χ1n) is 7.03. The first kappa shape index (κ1) is 21.1. The highest BCUT2D eigenvalue weighted by Gasteiger charge is 2.06. The topological polar surface area (TPSA) is 78.7 Å². The molecular weight excluding hydrogens is 415 g/mol. The van der Waals surface area contributed by atoms with Crippen LogP contribution in [-0.2, 0) is 0 Å². The quantitative estimate of drug-likeness (QED) is 0.237. The summed E-state index contributed by atoms with van der Waals surface area (Å²) in [6.07, 6.45) is 5.92. The van der Waals surface area contributed by atoms with Crippen LogP contribution in [0.3, 0.4) is 0 Å². The van der Waals surface area contributed by atoms with Crippen LogP contribution in [0.2, 0.25) is 0 Å². The molecular formula is C14H25IN4O2S. The average molecular weight is 440 g/mol. The van der Waals surface area contributed by atoms with E-state index in [9.17, 15) is 4.79 Å². The number of carbonyl (C=O) groups excluding carboxylic acids is 1. The molecule has 0 saturated carbocycles. The van der Waals surface area contributed by atoms with Crippen molar-refractivity contribution in [1.29, 1.82) is 0 Å². The Morgan fingerprint density at radius 3 is 2.59 bits per heavy atom. The van der Waals surface area contributed by atoms with E-state index in [2.05, 4.69) is 27.2 Å². The smallest absolute Gasteiger partial charge is 0.287 e. The summed E-state index contributed by atoms with van der Waals surface area (Å²) in [4.78, 5) is 15.7. The van der Waals surface area contributed by atoms with Crippen molar-refractivity contribution in [1.82, 2.24) is 16.0 Å². The zero-order chi connectivity index (χ0) is 15.3. The van der Waals surface area contributed by atoms with Gasteiger partial charge in [0.25, 0.3) is 5.91 Å². The van der Waals surface area contributed by atoms with Crippen LogP contribution in [0.25, 0.3) is 0 Å². The Hall–Kier alpha value is -0.900. The summed E-state index contributed by atoms with van der Waals surface area (Å²) in [7, 11) is 1.73. The van der Waals surface area contributed by atoms with Gasteiger partial charge in [-0.3, -0.25) is 9.79 Å². The van der Waals surface area contributed by atoms with E-state index in [0.29, 0.717) is 18.8 Å². The monoisotopic (exact) mass is 440 g/mol. The number of nitrogens with zero attached hydrogens (tertiary/aromatic N) is 1. The third-order valence-electron chi connectivity index (χ3n) is 2.74. The Bertz CT molecular complexity index is 426. The van der Waals surface area contributed by atoms with E-state index in [4.69, 9.17) is 4.42 Å². The molecule has 0 aliphatic carbocycles. The zero-order valence-corrected chi connectivity index (χ0v) is 16.2. The molecule has 22 heavy (non-hydrogen) atoms. The predicted octanol–water partition coefficient (Wildman–Crippen LogP) is 1.94. The number of nitrogens with one attached hydrogen (secondary N) is 3. The van der Waals surface area contributed by atoms with Gasteiger partial charge in [0, 0.05) is 26.7 Å². The summed E-state index contributed by atoms with van der Waals surface area (Å²) < 4.78 is 5.01. The van der Waals surface area contributed by atoms with Crippen LogP contribution in [0, 0.1) is 0 Å². The summed E-state index contributed by atoms with van der Waals surface area (Å²) >= 11 is 1.86. The molecule has 1 aromatic heterocycles. The Balaban J connectivity index is 0.00000441. The van der Waals surface area contributed by atoms with Crippen molar-refractivity contribution in [2.75, 3.05) is 38.7 Å². The third-order valence-corrected chi connectivity index (χ3v) is 3.44. The van der Waals surface area contributed by atoms with Crippen LogP contribution in [0.4, 0.5) is 0 Å². The van der Waals surface area contributed by atoms with E-state index >= 15 is 0 Å². The van der Waals surface area contributed by atoms with Gasteiger partial charge in [0.15, 0.2) is 11.7 Å². The second-order valence-corrected chi connectivity index (χ2v) is 5.34. The van der Waals surface area contributed by atoms with Gasteiger partial charge in [0.2, 0.25) is 0 Å². The van der Waals surface area contributed by atoms with E-state index in [0.717, 1.165) is 18.9 Å². The molecule has 0 aromatic carbocycles. The molecule has 0 radical (unpaired) electrons. The lowest BCUT2D eigenvalue weighted by atomic mass is 10.3. The predicted molar refractivity (Wildman–Crippen MR) is 103 cm³/mol. The van der Waals surface area contributed by atoms with Crippen LogP contribution < -0.4 is 16.0 Å². The van der Waals surface area contributed by atoms with Crippen LogP contribution in [0.1, 0.15) is 23.4 Å². The molecule has 1 heterocycles. The molecule has 1 aromatic rings. The molecule has 0 atom stereocenters. The van der Waals surface area contributed by atoms with Gasteiger partial charge in [-0.25, -0.2) is 0 Å².